The predicted molar refractivity (Wildman–Crippen MR) is 66.2 cm³/mol. The quantitative estimate of drug-likeness (QED) is 0.566. The van der Waals surface area contributed by atoms with Crippen molar-refractivity contribution < 1.29 is 0 Å². The van der Waals surface area contributed by atoms with Crippen LogP contribution in [0.3, 0.4) is 0 Å². The number of aromatic nitrogens is 5. The van der Waals surface area contributed by atoms with E-state index in [1.54, 1.807) is 13.2 Å². The van der Waals surface area contributed by atoms with Crippen LogP contribution in [0.5, 0.6) is 0 Å². The fourth-order valence-corrected chi connectivity index (χ4v) is 1.92. The summed E-state index contributed by atoms with van der Waals surface area (Å²) in [6.45, 7) is 2.09. The lowest BCUT2D eigenvalue weighted by Gasteiger charge is -2.17. The molecule has 0 amide bonds. The second-order valence-electron chi connectivity index (χ2n) is 4.05. The van der Waals surface area contributed by atoms with E-state index in [-0.39, 0.29) is 6.04 Å². The van der Waals surface area contributed by atoms with E-state index < -0.39 is 0 Å². The molecule has 0 radical (unpaired) electrons. The Morgan fingerprint density at radius 2 is 2.33 bits per heavy atom. The molecule has 0 saturated heterocycles. The Labute approximate surface area is 105 Å². The van der Waals surface area contributed by atoms with Crippen molar-refractivity contribution in [3.8, 4) is 0 Å². The number of hydrogen-bond acceptors (Lipinski definition) is 6. The first kappa shape index (κ1) is 12.6. The highest BCUT2D eigenvalue weighted by molar-refractivity contribution is 5.27. The summed E-state index contributed by atoms with van der Waals surface area (Å²) in [7, 11) is 1.74. The molecule has 0 aliphatic rings. The first-order chi connectivity index (χ1) is 8.74. The molecule has 0 spiro atoms. The summed E-state index contributed by atoms with van der Waals surface area (Å²) in [5.41, 5.74) is 5.10. The van der Waals surface area contributed by atoms with Crippen molar-refractivity contribution >= 4 is 0 Å². The number of rotatable bonds is 5. The van der Waals surface area contributed by atoms with Crippen LogP contribution < -0.4 is 11.3 Å². The van der Waals surface area contributed by atoms with E-state index >= 15 is 0 Å². The minimum absolute atomic E-state index is 0.0350. The van der Waals surface area contributed by atoms with E-state index in [4.69, 9.17) is 5.84 Å². The predicted octanol–water partition coefficient (Wildman–Crippen LogP) is -0.0854. The average molecular weight is 247 g/mol. The van der Waals surface area contributed by atoms with Crippen LogP contribution in [0.15, 0.2) is 18.5 Å². The van der Waals surface area contributed by atoms with Crippen molar-refractivity contribution in [3.05, 3.63) is 35.4 Å². The summed E-state index contributed by atoms with van der Waals surface area (Å²) in [4.78, 5) is 5.57. The molecule has 0 aliphatic heterocycles. The van der Waals surface area contributed by atoms with Gasteiger partial charge in [0.25, 0.3) is 0 Å². The molecule has 2 aromatic rings. The van der Waals surface area contributed by atoms with Crippen LogP contribution in [0.4, 0.5) is 0 Å². The zero-order valence-electron chi connectivity index (χ0n) is 10.5. The van der Waals surface area contributed by atoms with Crippen LogP contribution in [-0.2, 0) is 19.9 Å². The molecule has 2 aromatic heterocycles. The molecule has 2 rings (SSSR count). The van der Waals surface area contributed by atoms with Crippen LogP contribution in [0.25, 0.3) is 0 Å². The van der Waals surface area contributed by atoms with Gasteiger partial charge in [0.1, 0.15) is 0 Å². The summed E-state index contributed by atoms with van der Waals surface area (Å²) >= 11 is 0. The smallest absolute Gasteiger partial charge is 0.176 e. The molecule has 0 saturated carbocycles. The molecule has 0 aliphatic carbocycles. The zero-order valence-corrected chi connectivity index (χ0v) is 10.5. The molecule has 7 heteroatoms. The number of tetrazole rings is 1. The average Bonchev–Trinajstić information content (AvgIpc) is 2.81. The molecule has 0 bridgehead atoms. The Balaban J connectivity index is 2.22. The first-order valence-corrected chi connectivity index (χ1v) is 5.86. The van der Waals surface area contributed by atoms with Crippen molar-refractivity contribution in [3.63, 3.8) is 0 Å². The Kier molecular flexibility index (Phi) is 3.96. The number of hydrogen-bond donors (Lipinski definition) is 2. The Morgan fingerprint density at radius 3 is 2.94 bits per heavy atom. The van der Waals surface area contributed by atoms with Gasteiger partial charge >= 0.3 is 0 Å². The highest BCUT2D eigenvalue weighted by Crippen LogP contribution is 2.19. The Bertz CT molecular complexity index is 508. The standard InChI is InChI=1S/C11H17N7/c1-3-8-7-13-5-4-9(8)10(14-12)6-11-15-17-18(2)16-11/h4-5,7,10,14H,3,6,12H2,1-2H3. The van der Waals surface area contributed by atoms with Gasteiger partial charge in [0.05, 0.1) is 13.1 Å². The second kappa shape index (κ2) is 5.65. The minimum atomic E-state index is -0.0350. The number of nitrogens with one attached hydrogen (secondary N) is 1. The van der Waals surface area contributed by atoms with Crippen molar-refractivity contribution in [1.82, 2.24) is 30.6 Å². The van der Waals surface area contributed by atoms with E-state index in [0.717, 1.165) is 12.0 Å². The molecule has 7 nitrogen and oxygen atoms in total. The summed E-state index contributed by atoms with van der Waals surface area (Å²) in [5, 5.41) is 12.0. The number of hydrazine groups is 1. The lowest BCUT2D eigenvalue weighted by Crippen LogP contribution is -2.30. The van der Waals surface area contributed by atoms with Crippen LogP contribution in [0.2, 0.25) is 0 Å². The molecule has 0 aromatic carbocycles. The van der Waals surface area contributed by atoms with Crippen LogP contribution in [-0.4, -0.2) is 25.2 Å². The van der Waals surface area contributed by atoms with Gasteiger partial charge < -0.3 is 0 Å². The summed E-state index contributed by atoms with van der Waals surface area (Å²) in [6.07, 6.45) is 5.14. The maximum absolute atomic E-state index is 5.63. The van der Waals surface area contributed by atoms with Gasteiger partial charge in [-0.15, -0.1) is 10.2 Å². The van der Waals surface area contributed by atoms with Gasteiger partial charge in [0.15, 0.2) is 5.82 Å². The highest BCUT2D eigenvalue weighted by atomic mass is 15.6. The minimum Gasteiger partial charge on any atom is -0.271 e. The molecule has 18 heavy (non-hydrogen) atoms. The van der Waals surface area contributed by atoms with Gasteiger partial charge in [-0.1, -0.05) is 6.92 Å². The Morgan fingerprint density at radius 1 is 1.50 bits per heavy atom. The summed E-state index contributed by atoms with van der Waals surface area (Å²) < 4.78 is 0. The highest BCUT2D eigenvalue weighted by Gasteiger charge is 2.16. The SMILES string of the molecule is CCc1cnccc1C(Cc1nnn(C)n1)NN. The molecule has 3 N–H and O–H groups in total. The number of aryl methyl sites for hydroxylation is 2. The fourth-order valence-electron chi connectivity index (χ4n) is 1.92. The van der Waals surface area contributed by atoms with Crippen molar-refractivity contribution in [2.24, 2.45) is 12.9 Å². The second-order valence-corrected chi connectivity index (χ2v) is 4.05. The van der Waals surface area contributed by atoms with Gasteiger partial charge in [-0.3, -0.25) is 16.3 Å². The van der Waals surface area contributed by atoms with Crippen molar-refractivity contribution in [2.75, 3.05) is 0 Å². The lowest BCUT2D eigenvalue weighted by atomic mass is 9.99. The normalized spacial score (nSPS) is 12.6. The zero-order chi connectivity index (χ0) is 13.0. The summed E-state index contributed by atoms with van der Waals surface area (Å²) in [5.74, 6) is 6.30. The molecule has 2 heterocycles. The van der Waals surface area contributed by atoms with Gasteiger partial charge in [-0.05, 0) is 28.8 Å². The van der Waals surface area contributed by atoms with Crippen LogP contribution in [0.1, 0.15) is 29.9 Å². The fraction of sp³-hybridized carbons (Fsp3) is 0.455. The van der Waals surface area contributed by atoms with Crippen LogP contribution in [0, 0.1) is 0 Å². The van der Waals surface area contributed by atoms with Crippen molar-refractivity contribution in [2.45, 2.75) is 25.8 Å². The third-order valence-electron chi connectivity index (χ3n) is 2.84. The van der Waals surface area contributed by atoms with E-state index in [2.05, 4.69) is 32.7 Å². The van der Waals surface area contributed by atoms with E-state index in [1.165, 1.54) is 10.4 Å². The largest absolute Gasteiger partial charge is 0.271 e. The third-order valence-corrected chi connectivity index (χ3v) is 2.84. The lowest BCUT2D eigenvalue weighted by molar-refractivity contribution is 0.532. The van der Waals surface area contributed by atoms with Gasteiger partial charge in [-0.2, -0.15) is 4.80 Å². The third kappa shape index (κ3) is 2.69. The van der Waals surface area contributed by atoms with Gasteiger partial charge in [-0.25, -0.2) is 0 Å². The van der Waals surface area contributed by atoms with E-state index in [1.807, 2.05) is 12.3 Å². The first-order valence-electron chi connectivity index (χ1n) is 5.86. The monoisotopic (exact) mass is 247 g/mol. The van der Waals surface area contributed by atoms with E-state index in [0.29, 0.717) is 12.2 Å². The van der Waals surface area contributed by atoms with Gasteiger partial charge in [0.2, 0.25) is 0 Å². The number of nitrogens with zero attached hydrogens (tertiary/aromatic N) is 5. The molecular weight excluding hydrogens is 230 g/mol. The maximum Gasteiger partial charge on any atom is 0.176 e. The van der Waals surface area contributed by atoms with Crippen molar-refractivity contribution in [1.29, 1.82) is 0 Å². The number of pyridine rings is 1. The Hall–Kier alpha value is -1.86. The molecule has 0 fully saturated rings. The topological polar surface area (TPSA) is 94.5 Å². The molecule has 96 valence electrons. The molecule has 1 atom stereocenters. The molecule has 1 unspecified atom stereocenters. The molecular formula is C11H17N7. The van der Waals surface area contributed by atoms with E-state index in [9.17, 15) is 0 Å². The summed E-state index contributed by atoms with van der Waals surface area (Å²) in [6, 6.07) is 1.94. The van der Waals surface area contributed by atoms with Crippen LogP contribution >= 0.6 is 0 Å². The number of nitrogens with two attached hydrogens (primary N) is 1. The van der Waals surface area contributed by atoms with Gasteiger partial charge in [0, 0.05) is 18.8 Å². The maximum atomic E-state index is 5.63.